The monoisotopic (exact) mass is 485 g/mol. The van der Waals surface area contributed by atoms with Gasteiger partial charge >= 0.3 is 6.18 Å². The number of alkyl halides is 3. The molecular weight excluding hydrogens is 471 g/mol. The molecular formula is C24H15ClF3N3OS. The summed E-state index contributed by atoms with van der Waals surface area (Å²) in [5.41, 5.74) is 2.03. The van der Waals surface area contributed by atoms with Gasteiger partial charge in [0.2, 0.25) is 0 Å². The Balaban J connectivity index is 1.61. The van der Waals surface area contributed by atoms with Crippen molar-refractivity contribution in [1.29, 1.82) is 0 Å². The molecule has 0 aliphatic carbocycles. The molecule has 3 aromatic carbocycles. The van der Waals surface area contributed by atoms with Gasteiger partial charge in [-0.15, -0.1) is 0 Å². The predicted molar refractivity (Wildman–Crippen MR) is 125 cm³/mol. The maximum Gasteiger partial charge on any atom is 0.416 e. The number of rotatable bonds is 4. The number of aromatic nitrogens is 3. The van der Waals surface area contributed by atoms with Gasteiger partial charge in [0.1, 0.15) is 11.0 Å². The molecule has 33 heavy (non-hydrogen) atoms. The zero-order valence-corrected chi connectivity index (χ0v) is 18.4. The maximum atomic E-state index is 13.5. The average Bonchev–Trinajstić information content (AvgIpc) is 3.17. The summed E-state index contributed by atoms with van der Waals surface area (Å²) in [6.45, 7) is 0. The fourth-order valence-corrected chi connectivity index (χ4v) is 4.68. The summed E-state index contributed by atoms with van der Waals surface area (Å²) in [7, 11) is 0. The van der Waals surface area contributed by atoms with E-state index in [2.05, 4.69) is 4.98 Å². The largest absolute Gasteiger partial charge is 0.416 e. The summed E-state index contributed by atoms with van der Waals surface area (Å²) in [6.07, 6.45) is -4.39. The Bertz CT molecular complexity index is 1520. The van der Waals surface area contributed by atoms with Gasteiger partial charge in [-0.05, 0) is 48.0 Å². The third-order valence-corrected chi connectivity index (χ3v) is 6.49. The number of para-hydroxylation sites is 1. The number of halogens is 4. The van der Waals surface area contributed by atoms with Crippen LogP contribution in [0.4, 0.5) is 13.2 Å². The second-order valence-electron chi connectivity index (χ2n) is 7.39. The number of nitrogens with one attached hydrogen (secondary N) is 1. The normalized spacial score (nSPS) is 12.0. The lowest BCUT2D eigenvalue weighted by Crippen LogP contribution is -2.21. The Labute approximate surface area is 195 Å². The second-order valence-corrected chi connectivity index (χ2v) is 8.77. The Kier molecular flexibility index (Phi) is 5.42. The lowest BCUT2D eigenvalue weighted by molar-refractivity contribution is -0.137. The third-order valence-electron chi connectivity index (χ3n) is 5.23. The van der Waals surface area contributed by atoms with Gasteiger partial charge in [-0.3, -0.25) is 9.36 Å². The van der Waals surface area contributed by atoms with E-state index in [0.717, 1.165) is 23.0 Å². The number of hydrogen-bond donors (Lipinski definition) is 1. The van der Waals surface area contributed by atoms with E-state index in [0.29, 0.717) is 38.2 Å². The van der Waals surface area contributed by atoms with E-state index in [9.17, 15) is 18.0 Å². The first-order chi connectivity index (χ1) is 15.8. The lowest BCUT2D eigenvalue weighted by Gasteiger charge is -2.13. The molecule has 0 atom stereocenters. The third kappa shape index (κ3) is 4.12. The second kappa shape index (κ2) is 8.28. The molecule has 0 radical (unpaired) electrons. The summed E-state index contributed by atoms with van der Waals surface area (Å²) in [4.78, 5) is 21.4. The van der Waals surface area contributed by atoms with Gasteiger partial charge in [-0.1, -0.05) is 53.7 Å². The van der Waals surface area contributed by atoms with Crippen LogP contribution < -0.4 is 5.56 Å². The van der Waals surface area contributed by atoms with Gasteiger partial charge in [-0.25, -0.2) is 4.98 Å². The Morgan fingerprint density at radius 1 is 0.970 bits per heavy atom. The molecule has 0 aliphatic heterocycles. The van der Waals surface area contributed by atoms with E-state index in [4.69, 9.17) is 16.6 Å². The van der Waals surface area contributed by atoms with Crippen molar-refractivity contribution in [1.82, 2.24) is 14.5 Å². The molecule has 0 saturated carbocycles. The molecule has 1 N–H and O–H groups in total. The van der Waals surface area contributed by atoms with Crippen molar-refractivity contribution in [2.24, 2.45) is 0 Å². The first kappa shape index (κ1) is 21.6. The predicted octanol–water partition coefficient (Wildman–Crippen LogP) is 6.83. The minimum atomic E-state index is -4.39. The smallest absolute Gasteiger partial charge is 0.349 e. The van der Waals surface area contributed by atoms with Crippen LogP contribution in [0.1, 0.15) is 11.1 Å². The van der Waals surface area contributed by atoms with Crippen molar-refractivity contribution < 1.29 is 13.2 Å². The van der Waals surface area contributed by atoms with Crippen LogP contribution in [0.3, 0.4) is 0 Å². The molecule has 5 aromatic rings. The summed E-state index contributed by atoms with van der Waals surface area (Å²) in [5, 5.41) is 1.79. The Morgan fingerprint density at radius 3 is 2.36 bits per heavy atom. The van der Waals surface area contributed by atoms with Crippen LogP contribution in [0.15, 0.2) is 82.7 Å². The number of H-pyrrole nitrogens is 1. The van der Waals surface area contributed by atoms with Crippen LogP contribution in [0.2, 0.25) is 5.02 Å². The fourth-order valence-electron chi connectivity index (χ4n) is 3.59. The van der Waals surface area contributed by atoms with E-state index in [1.807, 2.05) is 24.3 Å². The van der Waals surface area contributed by atoms with Crippen molar-refractivity contribution in [3.63, 3.8) is 0 Å². The number of aromatic amines is 1. The molecule has 2 aromatic heterocycles. The Morgan fingerprint density at radius 2 is 1.67 bits per heavy atom. The van der Waals surface area contributed by atoms with Crippen molar-refractivity contribution in [3.05, 3.63) is 99.3 Å². The van der Waals surface area contributed by atoms with Crippen LogP contribution in [-0.2, 0) is 11.9 Å². The first-order valence-electron chi connectivity index (χ1n) is 9.89. The average molecular weight is 486 g/mol. The van der Waals surface area contributed by atoms with Crippen molar-refractivity contribution in [2.45, 2.75) is 17.1 Å². The first-order valence-corrected chi connectivity index (χ1v) is 11.3. The van der Waals surface area contributed by atoms with E-state index in [-0.39, 0.29) is 5.56 Å². The SMILES string of the molecule is O=c1c2[nH]c3ccccc3c2nc(SCc2ccc(C(F)(F)F)cc2)n1-c1ccc(Cl)cc1. The highest BCUT2D eigenvalue weighted by Crippen LogP contribution is 2.31. The van der Waals surface area contributed by atoms with E-state index >= 15 is 0 Å². The summed E-state index contributed by atoms with van der Waals surface area (Å²) in [6, 6.07) is 19.3. The van der Waals surface area contributed by atoms with Crippen LogP contribution in [0.5, 0.6) is 0 Å². The van der Waals surface area contributed by atoms with Crippen molar-refractivity contribution in [2.75, 3.05) is 0 Å². The van der Waals surface area contributed by atoms with Gasteiger partial charge in [0, 0.05) is 21.7 Å². The fraction of sp³-hybridized carbons (Fsp3) is 0.0833. The highest BCUT2D eigenvalue weighted by molar-refractivity contribution is 7.98. The molecule has 0 amide bonds. The molecule has 2 heterocycles. The molecule has 0 aliphatic rings. The molecule has 5 rings (SSSR count). The Hall–Kier alpha value is -3.23. The van der Waals surface area contributed by atoms with Gasteiger partial charge < -0.3 is 4.98 Å². The van der Waals surface area contributed by atoms with Crippen LogP contribution in [0.25, 0.3) is 27.6 Å². The van der Waals surface area contributed by atoms with E-state index in [1.165, 1.54) is 28.5 Å². The maximum absolute atomic E-state index is 13.5. The van der Waals surface area contributed by atoms with E-state index < -0.39 is 11.7 Å². The van der Waals surface area contributed by atoms with Crippen molar-refractivity contribution in [3.8, 4) is 5.69 Å². The minimum absolute atomic E-state index is 0.270. The number of hydrogen-bond acceptors (Lipinski definition) is 3. The number of thioether (sulfide) groups is 1. The molecule has 0 bridgehead atoms. The van der Waals surface area contributed by atoms with Gasteiger partial charge in [0.05, 0.1) is 11.3 Å². The molecule has 0 saturated heterocycles. The minimum Gasteiger partial charge on any atom is -0.349 e. The van der Waals surface area contributed by atoms with Crippen LogP contribution in [-0.4, -0.2) is 14.5 Å². The zero-order chi connectivity index (χ0) is 23.2. The number of benzene rings is 3. The summed E-state index contributed by atoms with van der Waals surface area (Å²) in [5.74, 6) is 0.339. The standard InChI is InChI=1S/C24H15ClF3N3OS/c25-16-9-11-17(12-10-16)31-22(32)21-20(18-3-1-2-4-19(18)29-21)30-23(31)33-13-14-5-7-15(8-6-14)24(26,27)28/h1-12,29H,13H2. The van der Waals surface area contributed by atoms with Crippen molar-refractivity contribution >= 4 is 45.3 Å². The molecule has 166 valence electrons. The number of nitrogens with zero attached hydrogens (tertiary/aromatic N) is 2. The van der Waals surface area contributed by atoms with Crippen LogP contribution >= 0.6 is 23.4 Å². The highest BCUT2D eigenvalue weighted by Gasteiger charge is 2.30. The van der Waals surface area contributed by atoms with Gasteiger partial charge in [0.25, 0.3) is 5.56 Å². The quantitative estimate of drug-likeness (QED) is 0.224. The highest BCUT2D eigenvalue weighted by atomic mass is 35.5. The number of fused-ring (bicyclic) bond motifs is 3. The lowest BCUT2D eigenvalue weighted by atomic mass is 10.1. The van der Waals surface area contributed by atoms with Gasteiger partial charge in [-0.2, -0.15) is 13.2 Å². The zero-order valence-electron chi connectivity index (χ0n) is 16.9. The molecule has 9 heteroatoms. The summed E-state index contributed by atoms with van der Waals surface area (Å²) < 4.78 is 40.1. The molecule has 4 nitrogen and oxygen atoms in total. The summed E-state index contributed by atoms with van der Waals surface area (Å²) >= 11 is 7.30. The van der Waals surface area contributed by atoms with Crippen LogP contribution in [0, 0.1) is 0 Å². The molecule has 0 spiro atoms. The molecule has 0 unspecified atom stereocenters. The van der Waals surface area contributed by atoms with Gasteiger partial charge in [0.15, 0.2) is 5.16 Å². The topological polar surface area (TPSA) is 50.7 Å². The van der Waals surface area contributed by atoms with E-state index in [1.54, 1.807) is 24.3 Å². The molecule has 0 fully saturated rings.